The monoisotopic (exact) mass is 342 g/mol. The van der Waals surface area contributed by atoms with E-state index in [0.29, 0.717) is 28.0 Å². The second-order valence-electron chi connectivity index (χ2n) is 4.23. The first kappa shape index (κ1) is 16.7. The van der Waals surface area contributed by atoms with Gasteiger partial charge in [0.15, 0.2) is 5.82 Å². The molecule has 1 aromatic carbocycles. The summed E-state index contributed by atoms with van der Waals surface area (Å²) in [7, 11) is 0. The SMILES string of the molecule is O=C(NCc1cccc(F)c1)Nc1nc(CSCCO)ns1. The van der Waals surface area contributed by atoms with Crippen molar-refractivity contribution in [1.82, 2.24) is 14.7 Å². The average Bonchev–Trinajstić information content (AvgIpc) is 2.93. The van der Waals surface area contributed by atoms with Gasteiger partial charge in [0.1, 0.15) is 5.82 Å². The first-order chi connectivity index (χ1) is 10.7. The van der Waals surface area contributed by atoms with Crippen LogP contribution in [0.4, 0.5) is 14.3 Å². The van der Waals surface area contributed by atoms with Crippen molar-refractivity contribution < 1.29 is 14.3 Å². The Morgan fingerprint density at radius 1 is 1.45 bits per heavy atom. The summed E-state index contributed by atoms with van der Waals surface area (Å²) in [6, 6.07) is 5.61. The summed E-state index contributed by atoms with van der Waals surface area (Å²) in [6.45, 7) is 0.337. The number of nitrogens with zero attached hydrogens (tertiary/aromatic N) is 2. The van der Waals surface area contributed by atoms with E-state index in [1.807, 2.05) is 0 Å². The molecule has 0 atom stereocenters. The summed E-state index contributed by atoms with van der Waals surface area (Å²) < 4.78 is 17.1. The lowest BCUT2D eigenvalue weighted by Gasteiger charge is -2.05. The molecule has 0 saturated heterocycles. The fourth-order valence-corrected chi connectivity index (χ4v) is 2.81. The Kier molecular flexibility index (Phi) is 6.56. The molecule has 0 bridgehead atoms. The fraction of sp³-hybridized carbons (Fsp3) is 0.308. The standard InChI is InChI=1S/C13H15FN4O2S2/c14-10-3-1-2-9(6-10)7-15-12(20)17-13-16-11(18-22-13)8-21-5-4-19/h1-3,6,19H,4-5,7-8H2,(H2,15,16,17,18,20). The van der Waals surface area contributed by atoms with E-state index in [4.69, 9.17) is 5.11 Å². The Morgan fingerprint density at radius 3 is 3.09 bits per heavy atom. The van der Waals surface area contributed by atoms with Crippen LogP contribution in [0.2, 0.25) is 0 Å². The number of anilines is 1. The third kappa shape index (κ3) is 5.58. The first-order valence-electron chi connectivity index (χ1n) is 6.48. The molecule has 0 saturated carbocycles. The molecule has 22 heavy (non-hydrogen) atoms. The molecular weight excluding hydrogens is 327 g/mol. The Morgan fingerprint density at radius 2 is 2.32 bits per heavy atom. The first-order valence-corrected chi connectivity index (χ1v) is 8.40. The highest BCUT2D eigenvalue weighted by molar-refractivity contribution is 7.98. The second kappa shape index (κ2) is 8.66. The number of rotatable bonds is 7. The van der Waals surface area contributed by atoms with Gasteiger partial charge in [-0.15, -0.1) is 0 Å². The molecule has 0 aliphatic heterocycles. The molecule has 0 aliphatic carbocycles. The van der Waals surface area contributed by atoms with E-state index >= 15 is 0 Å². The number of hydrogen-bond donors (Lipinski definition) is 3. The Hall–Kier alpha value is -1.71. The van der Waals surface area contributed by atoms with Gasteiger partial charge in [-0.25, -0.2) is 14.2 Å². The zero-order valence-corrected chi connectivity index (χ0v) is 13.2. The number of aromatic nitrogens is 2. The van der Waals surface area contributed by atoms with Gasteiger partial charge in [-0.3, -0.25) is 5.32 Å². The molecule has 0 spiro atoms. The molecule has 9 heteroatoms. The van der Waals surface area contributed by atoms with Gasteiger partial charge in [0.25, 0.3) is 0 Å². The molecule has 3 N–H and O–H groups in total. The number of urea groups is 1. The summed E-state index contributed by atoms with van der Waals surface area (Å²) in [5, 5.41) is 14.3. The van der Waals surface area contributed by atoms with E-state index in [9.17, 15) is 9.18 Å². The van der Waals surface area contributed by atoms with Crippen molar-refractivity contribution in [2.75, 3.05) is 17.7 Å². The number of amides is 2. The van der Waals surface area contributed by atoms with Gasteiger partial charge in [-0.1, -0.05) is 12.1 Å². The lowest BCUT2D eigenvalue weighted by molar-refractivity contribution is 0.251. The van der Waals surface area contributed by atoms with Crippen molar-refractivity contribution in [3.05, 3.63) is 41.5 Å². The second-order valence-corrected chi connectivity index (χ2v) is 6.09. The van der Waals surface area contributed by atoms with E-state index in [2.05, 4.69) is 20.0 Å². The number of benzene rings is 1. The quantitative estimate of drug-likeness (QED) is 0.672. The van der Waals surface area contributed by atoms with Crippen molar-refractivity contribution in [2.45, 2.75) is 12.3 Å². The largest absolute Gasteiger partial charge is 0.396 e. The van der Waals surface area contributed by atoms with E-state index in [-0.39, 0.29) is 19.0 Å². The van der Waals surface area contributed by atoms with Crippen LogP contribution >= 0.6 is 23.3 Å². The molecule has 2 rings (SSSR count). The highest BCUT2D eigenvalue weighted by Gasteiger charge is 2.08. The summed E-state index contributed by atoms with van der Waals surface area (Å²) in [5.74, 6) is 1.48. The van der Waals surface area contributed by atoms with Crippen LogP contribution in [0.1, 0.15) is 11.4 Å². The number of carbonyl (C=O) groups is 1. The van der Waals surface area contributed by atoms with Gasteiger partial charge in [-0.05, 0) is 17.7 Å². The number of aliphatic hydroxyl groups is 1. The molecule has 6 nitrogen and oxygen atoms in total. The zero-order chi connectivity index (χ0) is 15.8. The van der Waals surface area contributed by atoms with E-state index in [1.54, 1.807) is 12.1 Å². The Balaban J connectivity index is 1.77. The molecule has 0 fully saturated rings. The van der Waals surface area contributed by atoms with Crippen LogP contribution in [-0.4, -0.2) is 32.9 Å². The summed E-state index contributed by atoms with van der Waals surface area (Å²) in [4.78, 5) is 15.9. The molecule has 0 aliphatic rings. The van der Waals surface area contributed by atoms with Gasteiger partial charge in [-0.2, -0.15) is 16.1 Å². The molecule has 2 amide bonds. The lowest BCUT2D eigenvalue weighted by atomic mass is 10.2. The molecule has 118 valence electrons. The number of thioether (sulfide) groups is 1. The molecule has 0 unspecified atom stereocenters. The molecular formula is C13H15FN4O2S2. The fourth-order valence-electron chi connectivity index (χ4n) is 1.56. The molecule has 0 radical (unpaired) electrons. The molecule has 2 aromatic rings. The van der Waals surface area contributed by atoms with Crippen molar-refractivity contribution in [3.63, 3.8) is 0 Å². The van der Waals surface area contributed by atoms with Crippen LogP contribution in [0.25, 0.3) is 0 Å². The van der Waals surface area contributed by atoms with Crippen LogP contribution in [0.3, 0.4) is 0 Å². The van der Waals surface area contributed by atoms with E-state index in [1.165, 1.54) is 23.9 Å². The van der Waals surface area contributed by atoms with Gasteiger partial charge >= 0.3 is 6.03 Å². The van der Waals surface area contributed by atoms with Crippen molar-refractivity contribution in [1.29, 1.82) is 0 Å². The van der Waals surface area contributed by atoms with Crippen molar-refractivity contribution in [3.8, 4) is 0 Å². The number of carbonyl (C=O) groups excluding carboxylic acids is 1. The van der Waals surface area contributed by atoms with Gasteiger partial charge in [0.2, 0.25) is 5.13 Å². The third-order valence-corrected chi connectivity index (χ3v) is 4.10. The summed E-state index contributed by atoms with van der Waals surface area (Å²) in [5.41, 5.74) is 0.675. The van der Waals surface area contributed by atoms with Gasteiger partial charge in [0, 0.05) is 23.8 Å². The Bertz CT molecular complexity index is 624. The minimum absolute atomic E-state index is 0.113. The highest BCUT2D eigenvalue weighted by Crippen LogP contribution is 2.15. The zero-order valence-electron chi connectivity index (χ0n) is 11.6. The van der Waals surface area contributed by atoms with Crippen LogP contribution in [0.15, 0.2) is 24.3 Å². The predicted octanol–water partition coefficient (Wildman–Crippen LogP) is 2.22. The summed E-state index contributed by atoms with van der Waals surface area (Å²) in [6.07, 6.45) is 0. The third-order valence-electron chi connectivity index (χ3n) is 2.50. The van der Waals surface area contributed by atoms with Crippen molar-refractivity contribution >= 4 is 34.5 Å². The van der Waals surface area contributed by atoms with Crippen LogP contribution in [-0.2, 0) is 12.3 Å². The maximum absolute atomic E-state index is 13.0. The minimum atomic E-state index is -0.421. The van der Waals surface area contributed by atoms with Crippen LogP contribution in [0, 0.1) is 5.82 Å². The van der Waals surface area contributed by atoms with E-state index in [0.717, 1.165) is 11.5 Å². The smallest absolute Gasteiger partial charge is 0.321 e. The van der Waals surface area contributed by atoms with Crippen LogP contribution in [0.5, 0.6) is 0 Å². The predicted molar refractivity (Wildman–Crippen MR) is 85.4 cm³/mol. The number of hydrogen-bond acceptors (Lipinski definition) is 6. The van der Waals surface area contributed by atoms with Gasteiger partial charge < -0.3 is 10.4 Å². The summed E-state index contributed by atoms with van der Waals surface area (Å²) >= 11 is 2.61. The van der Waals surface area contributed by atoms with E-state index < -0.39 is 6.03 Å². The Labute approximate surface area is 135 Å². The maximum atomic E-state index is 13.0. The number of halogens is 1. The minimum Gasteiger partial charge on any atom is -0.396 e. The molecule has 1 heterocycles. The normalized spacial score (nSPS) is 10.5. The number of nitrogens with one attached hydrogen (secondary N) is 2. The highest BCUT2D eigenvalue weighted by atomic mass is 32.2. The van der Waals surface area contributed by atoms with Crippen LogP contribution < -0.4 is 10.6 Å². The van der Waals surface area contributed by atoms with Gasteiger partial charge in [0.05, 0.1) is 12.4 Å². The maximum Gasteiger partial charge on any atom is 0.321 e. The number of aliphatic hydroxyl groups excluding tert-OH is 1. The van der Waals surface area contributed by atoms with Crippen molar-refractivity contribution in [2.24, 2.45) is 0 Å². The topological polar surface area (TPSA) is 87.1 Å². The average molecular weight is 342 g/mol. The lowest BCUT2D eigenvalue weighted by Crippen LogP contribution is -2.28. The molecule has 1 aromatic heterocycles.